The van der Waals surface area contributed by atoms with Gasteiger partial charge in [0.25, 0.3) is 5.91 Å². The number of methoxy groups -OCH3 is 1. The van der Waals surface area contributed by atoms with Crippen LogP contribution >= 0.6 is 11.3 Å². The van der Waals surface area contributed by atoms with E-state index in [2.05, 4.69) is 0 Å². The van der Waals surface area contributed by atoms with Gasteiger partial charge in [-0.1, -0.05) is 0 Å². The molecule has 2 aliphatic heterocycles. The molecule has 7 nitrogen and oxygen atoms in total. The highest BCUT2D eigenvalue weighted by Crippen LogP contribution is 2.33. The number of hydrogen-bond donors (Lipinski definition) is 0. The first kappa shape index (κ1) is 18.4. The molecule has 9 heteroatoms. The zero-order chi connectivity index (χ0) is 20.2. The Kier molecular flexibility index (Phi) is 4.27. The van der Waals surface area contributed by atoms with Crippen LogP contribution in [0.1, 0.15) is 10.4 Å². The molecule has 0 unspecified atom stereocenters. The summed E-state index contributed by atoms with van der Waals surface area (Å²) in [5.41, 5.74) is 3.21. The first-order valence-corrected chi connectivity index (χ1v) is 11.4. The van der Waals surface area contributed by atoms with Crippen molar-refractivity contribution in [3.05, 3.63) is 58.0 Å². The monoisotopic (exact) mass is 430 g/mol. The Morgan fingerprint density at radius 3 is 2.59 bits per heavy atom. The molecular formula is C20H18N2O5S2. The molecule has 0 aliphatic carbocycles. The number of carbonyl (C=O) groups is 1. The Morgan fingerprint density at radius 1 is 1.10 bits per heavy atom. The zero-order valence-corrected chi connectivity index (χ0v) is 17.3. The second kappa shape index (κ2) is 6.72. The van der Waals surface area contributed by atoms with E-state index in [-0.39, 0.29) is 10.8 Å². The lowest BCUT2D eigenvalue weighted by atomic mass is 10.2. The summed E-state index contributed by atoms with van der Waals surface area (Å²) in [6, 6.07) is 6.63. The predicted molar refractivity (Wildman–Crippen MR) is 109 cm³/mol. The molecule has 150 valence electrons. The molecule has 0 N–H and O–H groups in total. The van der Waals surface area contributed by atoms with E-state index in [1.54, 1.807) is 53.3 Å². The first-order chi connectivity index (χ1) is 14.0. The summed E-state index contributed by atoms with van der Waals surface area (Å²) in [7, 11) is -2.07. The van der Waals surface area contributed by atoms with Gasteiger partial charge in [-0.2, -0.15) is 4.31 Å². The number of hydrogen-bond acceptors (Lipinski definition) is 6. The standard InChI is InChI=1S/C20H18N2O5S2/c1-26-19-12-28-11-17(19)20(23)21-7-14-9-22(10-15(14)8-21)29(24,25)16-2-3-18-13(6-16)4-5-27-18/h2-6,11-12H,7-10H2,1H3. The number of nitrogens with zero attached hydrogens (tertiary/aromatic N) is 2. The normalized spacial score (nSPS) is 17.3. The van der Waals surface area contributed by atoms with Crippen LogP contribution in [0.25, 0.3) is 11.0 Å². The van der Waals surface area contributed by atoms with Gasteiger partial charge in [0.15, 0.2) is 0 Å². The van der Waals surface area contributed by atoms with Crippen LogP contribution in [0.3, 0.4) is 0 Å². The Balaban J connectivity index is 1.31. The lowest BCUT2D eigenvalue weighted by molar-refractivity contribution is 0.0790. The van der Waals surface area contributed by atoms with Crippen molar-refractivity contribution in [1.82, 2.24) is 9.21 Å². The van der Waals surface area contributed by atoms with Crippen molar-refractivity contribution in [3.63, 3.8) is 0 Å². The summed E-state index contributed by atoms with van der Waals surface area (Å²) >= 11 is 1.42. The second-order valence-electron chi connectivity index (χ2n) is 7.12. The number of rotatable bonds is 4. The third kappa shape index (κ3) is 2.97. The second-order valence-corrected chi connectivity index (χ2v) is 9.80. The average molecular weight is 431 g/mol. The van der Waals surface area contributed by atoms with E-state index in [1.165, 1.54) is 15.6 Å². The highest BCUT2D eigenvalue weighted by molar-refractivity contribution is 7.89. The molecule has 0 spiro atoms. The van der Waals surface area contributed by atoms with Gasteiger partial charge in [-0.05, 0) is 35.4 Å². The van der Waals surface area contributed by atoms with Crippen molar-refractivity contribution in [1.29, 1.82) is 0 Å². The fourth-order valence-electron chi connectivity index (χ4n) is 3.88. The summed E-state index contributed by atoms with van der Waals surface area (Å²) in [5, 5.41) is 4.34. The van der Waals surface area contributed by atoms with Crippen molar-refractivity contribution in [2.45, 2.75) is 4.90 Å². The Morgan fingerprint density at radius 2 is 1.86 bits per heavy atom. The molecule has 0 bridgehead atoms. The number of furan rings is 1. The molecule has 0 fully saturated rings. The third-order valence-electron chi connectivity index (χ3n) is 5.42. The highest BCUT2D eigenvalue weighted by Gasteiger charge is 2.38. The van der Waals surface area contributed by atoms with E-state index in [1.807, 2.05) is 0 Å². The van der Waals surface area contributed by atoms with E-state index in [4.69, 9.17) is 9.15 Å². The van der Waals surface area contributed by atoms with E-state index >= 15 is 0 Å². The molecule has 5 rings (SSSR count). The average Bonchev–Trinajstić information content (AvgIpc) is 3.48. The lowest BCUT2D eigenvalue weighted by Gasteiger charge is -2.23. The number of ether oxygens (including phenoxy) is 1. The minimum Gasteiger partial charge on any atom is -0.495 e. The SMILES string of the molecule is COc1cscc1C(=O)N1CC2=C(C1)CN(S(=O)(=O)c1ccc3occc3c1)C2. The minimum absolute atomic E-state index is 0.0858. The van der Waals surface area contributed by atoms with Gasteiger partial charge in [0.1, 0.15) is 11.3 Å². The van der Waals surface area contributed by atoms with Crippen LogP contribution in [0, 0.1) is 0 Å². The van der Waals surface area contributed by atoms with Gasteiger partial charge < -0.3 is 14.1 Å². The van der Waals surface area contributed by atoms with E-state index in [0.29, 0.717) is 43.1 Å². The van der Waals surface area contributed by atoms with Crippen molar-refractivity contribution in [3.8, 4) is 5.75 Å². The van der Waals surface area contributed by atoms with Crippen LogP contribution in [-0.4, -0.2) is 56.8 Å². The summed E-state index contributed by atoms with van der Waals surface area (Å²) < 4.78 is 38.2. The Bertz CT molecular complexity index is 1240. The number of carbonyl (C=O) groups excluding carboxylic acids is 1. The minimum atomic E-state index is -3.61. The Labute approximate surface area is 171 Å². The number of sulfonamides is 1. The molecule has 0 saturated carbocycles. The van der Waals surface area contributed by atoms with Gasteiger partial charge in [-0.15, -0.1) is 11.3 Å². The van der Waals surface area contributed by atoms with Gasteiger partial charge in [0.2, 0.25) is 10.0 Å². The molecule has 0 saturated heterocycles. The van der Waals surface area contributed by atoms with Crippen LogP contribution < -0.4 is 4.74 Å². The van der Waals surface area contributed by atoms with Crippen LogP contribution in [0.15, 0.2) is 61.7 Å². The number of thiophene rings is 1. The smallest absolute Gasteiger partial charge is 0.259 e. The van der Waals surface area contributed by atoms with Crippen LogP contribution in [0.4, 0.5) is 0 Å². The maximum atomic E-state index is 13.1. The summed E-state index contributed by atoms with van der Waals surface area (Å²) in [5.74, 6) is 0.489. The molecule has 2 aliphatic rings. The molecule has 2 aromatic heterocycles. The third-order valence-corrected chi connectivity index (χ3v) is 7.93. The number of amides is 1. The highest BCUT2D eigenvalue weighted by atomic mass is 32.2. The van der Waals surface area contributed by atoms with E-state index in [0.717, 1.165) is 16.5 Å². The van der Waals surface area contributed by atoms with Crippen LogP contribution in [0.5, 0.6) is 5.75 Å². The van der Waals surface area contributed by atoms with Crippen molar-refractivity contribution >= 4 is 38.2 Å². The van der Waals surface area contributed by atoms with Gasteiger partial charge >= 0.3 is 0 Å². The molecular weight excluding hydrogens is 412 g/mol. The molecule has 1 amide bonds. The summed E-state index contributed by atoms with van der Waals surface area (Å²) in [6.07, 6.45) is 1.54. The lowest BCUT2D eigenvalue weighted by Crippen LogP contribution is -2.36. The largest absolute Gasteiger partial charge is 0.495 e. The van der Waals surface area contributed by atoms with Crippen molar-refractivity contribution in [2.24, 2.45) is 0 Å². The topological polar surface area (TPSA) is 80.1 Å². The summed E-state index contributed by atoms with van der Waals surface area (Å²) in [4.78, 5) is 14.8. The first-order valence-electron chi connectivity index (χ1n) is 9.04. The van der Waals surface area contributed by atoms with Gasteiger partial charge in [-0.3, -0.25) is 4.79 Å². The maximum Gasteiger partial charge on any atom is 0.259 e. The molecule has 1 aromatic carbocycles. The van der Waals surface area contributed by atoms with Crippen LogP contribution in [0.2, 0.25) is 0 Å². The molecule has 4 heterocycles. The zero-order valence-electron chi connectivity index (χ0n) is 15.6. The van der Waals surface area contributed by atoms with Crippen molar-refractivity contribution < 1.29 is 22.4 Å². The van der Waals surface area contributed by atoms with Gasteiger partial charge in [0, 0.05) is 42.3 Å². The predicted octanol–water partition coefficient (Wildman–Crippen LogP) is 2.96. The fraction of sp³-hybridized carbons (Fsp3) is 0.250. The van der Waals surface area contributed by atoms with Gasteiger partial charge in [0.05, 0.1) is 23.8 Å². The maximum absolute atomic E-state index is 13.1. The Hall–Kier alpha value is -2.62. The molecule has 0 atom stereocenters. The van der Waals surface area contributed by atoms with Gasteiger partial charge in [-0.25, -0.2) is 8.42 Å². The van der Waals surface area contributed by atoms with Crippen LogP contribution in [-0.2, 0) is 10.0 Å². The summed E-state index contributed by atoms with van der Waals surface area (Å²) in [6.45, 7) is 1.51. The molecule has 29 heavy (non-hydrogen) atoms. The van der Waals surface area contributed by atoms with E-state index in [9.17, 15) is 13.2 Å². The molecule has 0 radical (unpaired) electrons. The quantitative estimate of drug-likeness (QED) is 0.595. The number of fused-ring (bicyclic) bond motifs is 1. The van der Waals surface area contributed by atoms with Crippen molar-refractivity contribution in [2.75, 3.05) is 33.3 Å². The molecule has 3 aromatic rings. The fourth-order valence-corrected chi connectivity index (χ4v) is 6.12. The van der Waals surface area contributed by atoms with E-state index < -0.39 is 10.0 Å². The number of benzene rings is 1.